The molecule has 1 amide bonds. The van der Waals surface area contributed by atoms with Crippen LogP contribution in [0.5, 0.6) is 0 Å². The molecule has 1 N–H and O–H groups in total. The molecule has 1 aromatic carbocycles. The number of nitrogens with one attached hydrogen (secondary N) is 1. The van der Waals surface area contributed by atoms with Crippen molar-refractivity contribution in [2.45, 2.75) is 0 Å². The third kappa shape index (κ3) is 1.49. The Labute approximate surface area is 96.3 Å². The van der Waals surface area contributed by atoms with E-state index in [0.717, 1.165) is 16.7 Å². The fourth-order valence-electron chi connectivity index (χ4n) is 1.66. The molecule has 0 spiro atoms. The first kappa shape index (κ1) is 9.47. The normalized spacial score (nSPS) is 16.0. The predicted molar refractivity (Wildman–Crippen MR) is 67.1 cm³/mol. The van der Waals surface area contributed by atoms with Crippen LogP contribution in [0.25, 0.3) is 10.9 Å². The predicted octanol–water partition coefficient (Wildman–Crippen LogP) is 2.83. The van der Waals surface area contributed by atoms with Crippen LogP contribution in [0.3, 0.4) is 0 Å². The summed E-state index contributed by atoms with van der Waals surface area (Å²) in [4.78, 5) is 14.8. The van der Waals surface area contributed by atoms with Gasteiger partial charge in [-0.1, -0.05) is 30.0 Å². The number of H-pyrrole nitrogens is 1. The second kappa shape index (κ2) is 3.68. The zero-order chi connectivity index (χ0) is 11.0. The molecular weight excluding hydrogens is 222 g/mol. The highest BCUT2D eigenvalue weighted by Gasteiger charge is 2.19. The summed E-state index contributed by atoms with van der Waals surface area (Å²) >= 11 is 1.25. The minimum atomic E-state index is -0.0472. The summed E-state index contributed by atoms with van der Waals surface area (Å²) in [7, 11) is 0. The molecule has 1 aliphatic heterocycles. The Kier molecular flexibility index (Phi) is 2.18. The minimum Gasteiger partial charge on any atom is -0.340 e. The molecule has 1 aromatic heterocycles. The molecular formula is C11H9N3OS. The molecule has 0 saturated heterocycles. The standard InChI is InChI=1S/C11H9N3OS/c15-11-14(12-5-6-16-11)10-7-8-3-1-2-4-9(8)13-10/h1-5,7,13H,6H2. The van der Waals surface area contributed by atoms with Crippen LogP contribution in [0.15, 0.2) is 35.4 Å². The van der Waals surface area contributed by atoms with Crippen molar-refractivity contribution in [3.8, 4) is 0 Å². The van der Waals surface area contributed by atoms with E-state index in [1.807, 2.05) is 30.3 Å². The number of thioether (sulfide) groups is 1. The number of aromatic amines is 1. The number of benzene rings is 1. The molecule has 0 bridgehead atoms. The summed E-state index contributed by atoms with van der Waals surface area (Å²) in [6, 6.07) is 9.83. The molecule has 5 heteroatoms. The van der Waals surface area contributed by atoms with E-state index >= 15 is 0 Å². The van der Waals surface area contributed by atoms with Crippen molar-refractivity contribution in [3.63, 3.8) is 0 Å². The maximum atomic E-state index is 11.6. The number of hydrogen-bond acceptors (Lipinski definition) is 3. The largest absolute Gasteiger partial charge is 0.340 e. The van der Waals surface area contributed by atoms with Crippen LogP contribution in [0.4, 0.5) is 10.6 Å². The lowest BCUT2D eigenvalue weighted by molar-refractivity contribution is 0.265. The van der Waals surface area contributed by atoms with Crippen LogP contribution >= 0.6 is 11.8 Å². The summed E-state index contributed by atoms with van der Waals surface area (Å²) in [6.07, 6.45) is 1.73. The topological polar surface area (TPSA) is 48.5 Å². The smallest absolute Gasteiger partial charge is 0.308 e. The summed E-state index contributed by atoms with van der Waals surface area (Å²) in [6.45, 7) is 0. The van der Waals surface area contributed by atoms with Crippen molar-refractivity contribution in [1.82, 2.24) is 4.98 Å². The van der Waals surface area contributed by atoms with Crippen LogP contribution < -0.4 is 5.01 Å². The zero-order valence-electron chi connectivity index (χ0n) is 8.38. The molecule has 2 aromatic rings. The molecule has 0 radical (unpaired) electrons. The maximum Gasteiger partial charge on any atom is 0.308 e. The van der Waals surface area contributed by atoms with Crippen molar-refractivity contribution in [3.05, 3.63) is 30.3 Å². The number of aromatic nitrogens is 1. The summed E-state index contributed by atoms with van der Waals surface area (Å²) in [5.41, 5.74) is 1.01. The molecule has 0 fully saturated rings. The average Bonchev–Trinajstić information content (AvgIpc) is 2.73. The molecule has 2 heterocycles. The van der Waals surface area contributed by atoms with Crippen LogP contribution in [0.1, 0.15) is 0 Å². The number of fused-ring (bicyclic) bond motifs is 1. The third-order valence-corrected chi connectivity index (χ3v) is 3.13. The molecule has 3 rings (SSSR count). The average molecular weight is 231 g/mol. The lowest BCUT2D eigenvalue weighted by Gasteiger charge is -2.16. The van der Waals surface area contributed by atoms with Crippen LogP contribution in [0.2, 0.25) is 0 Å². The highest BCUT2D eigenvalue weighted by atomic mass is 32.2. The quantitative estimate of drug-likeness (QED) is 0.820. The van der Waals surface area contributed by atoms with Crippen LogP contribution in [-0.4, -0.2) is 22.2 Å². The second-order valence-corrected chi connectivity index (χ2v) is 4.40. The number of amides is 1. The third-order valence-electron chi connectivity index (χ3n) is 2.40. The summed E-state index contributed by atoms with van der Waals surface area (Å²) in [5, 5.41) is 6.51. The highest BCUT2D eigenvalue weighted by molar-refractivity contribution is 8.14. The SMILES string of the molecule is O=C1SCC=NN1c1cc2ccccc2[nH]1. The number of hydrazone groups is 1. The molecule has 1 aliphatic rings. The van der Waals surface area contributed by atoms with Crippen molar-refractivity contribution in [2.75, 3.05) is 10.8 Å². The molecule has 80 valence electrons. The number of carbonyl (C=O) groups excluding carboxylic acids is 1. The van der Waals surface area contributed by atoms with E-state index in [1.54, 1.807) is 6.21 Å². The van der Waals surface area contributed by atoms with Gasteiger partial charge in [0.25, 0.3) is 0 Å². The van der Waals surface area contributed by atoms with Crippen LogP contribution in [-0.2, 0) is 0 Å². The van der Waals surface area contributed by atoms with Gasteiger partial charge in [0.1, 0.15) is 5.82 Å². The van der Waals surface area contributed by atoms with Gasteiger partial charge in [-0.05, 0) is 12.1 Å². The van der Waals surface area contributed by atoms with Crippen LogP contribution in [0, 0.1) is 0 Å². The minimum absolute atomic E-state index is 0.0472. The van der Waals surface area contributed by atoms with Gasteiger partial charge in [-0.25, -0.2) is 0 Å². The molecule has 0 unspecified atom stereocenters. The second-order valence-electron chi connectivity index (χ2n) is 3.43. The van der Waals surface area contributed by atoms with Crippen molar-refractivity contribution >= 4 is 39.9 Å². The van der Waals surface area contributed by atoms with Gasteiger partial charge < -0.3 is 4.98 Å². The summed E-state index contributed by atoms with van der Waals surface area (Å²) < 4.78 is 0. The maximum absolute atomic E-state index is 11.6. The van der Waals surface area contributed by atoms with Gasteiger partial charge in [-0.15, -0.1) is 0 Å². The van der Waals surface area contributed by atoms with E-state index in [0.29, 0.717) is 5.75 Å². The highest BCUT2D eigenvalue weighted by Crippen LogP contribution is 2.25. The van der Waals surface area contributed by atoms with Crippen molar-refractivity contribution in [1.29, 1.82) is 0 Å². The van der Waals surface area contributed by atoms with E-state index in [9.17, 15) is 4.79 Å². The Morgan fingerprint density at radius 2 is 2.25 bits per heavy atom. The number of para-hydroxylation sites is 1. The van der Waals surface area contributed by atoms with Gasteiger partial charge in [0, 0.05) is 22.9 Å². The molecule has 16 heavy (non-hydrogen) atoms. The fourth-order valence-corrected chi connectivity index (χ4v) is 2.22. The number of anilines is 1. The number of nitrogens with zero attached hydrogens (tertiary/aromatic N) is 2. The van der Waals surface area contributed by atoms with Crippen molar-refractivity contribution < 1.29 is 4.79 Å². The number of hydrogen-bond donors (Lipinski definition) is 1. The van der Waals surface area contributed by atoms with Gasteiger partial charge >= 0.3 is 5.24 Å². The lowest BCUT2D eigenvalue weighted by atomic mass is 10.2. The van der Waals surface area contributed by atoms with Crippen molar-refractivity contribution in [2.24, 2.45) is 5.10 Å². The van der Waals surface area contributed by atoms with Gasteiger partial charge in [-0.2, -0.15) is 10.1 Å². The lowest BCUT2D eigenvalue weighted by Crippen LogP contribution is -2.25. The first-order valence-electron chi connectivity index (χ1n) is 4.92. The molecule has 0 atom stereocenters. The fraction of sp³-hybridized carbons (Fsp3) is 0.0909. The molecule has 0 saturated carbocycles. The molecule has 0 aliphatic carbocycles. The Balaban J connectivity index is 2.08. The molecule has 4 nitrogen and oxygen atoms in total. The van der Waals surface area contributed by atoms with E-state index in [-0.39, 0.29) is 5.24 Å². The van der Waals surface area contributed by atoms with E-state index in [2.05, 4.69) is 10.1 Å². The van der Waals surface area contributed by atoms with E-state index in [4.69, 9.17) is 0 Å². The first-order chi connectivity index (χ1) is 7.84. The van der Waals surface area contributed by atoms with E-state index in [1.165, 1.54) is 16.8 Å². The first-order valence-corrected chi connectivity index (χ1v) is 5.90. The Morgan fingerprint density at radius 3 is 3.06 bits per heavy atom. The van der Waals surface area contributed by atoms with Gasteiger partial charge in [0.05, 0.1) is 0 Å². The number of rotatable bonds is 1. The summed E-state index contributed by atoms with van der Waals surface area (Å²) in [5.74, 6) is 1.37. The Morgan fingerprint density at radius 1 is 1.38 bits per heavy atom. The van der Waals surface area contributed by atoms with Gasteiger partial charge in [-0.3, -0.25) is 4.79 Å². The zero-order valence-corrected chi connectivity index (χ0v) is 9.20. The van der Waals surface area contributed by atoms with Gasteiger partial charge in [0.15, 0.2) is 0 Å². The number of carbonyl (C=O) groups is 1. The van der Waals surface area contributed by atoms with Gasteiger partial charge in [0.2, 0.25) is 0 Å². The van der Waals surface area contributed by atoms with E-state index < -0.39 is 0 Å². The monoisotopic (exact) mass is 231 g/mol. The Hall–Kier alpha value is -1.75. The Bertz CT molecular complexity index is 542.